The van der Waals surface area contributed by atoms with Crippen LogP contribution in [0, 0.1) is 0 Å². The SMILES string of the molecule is CCCN(CC(=O)NC)S(=O)(=O)c1c(Cl)cc(N)cc1Cl. The molecule has 0 bridgehead atoms. The predicted octanol–water partition coefficient (Wildman–Crippen LogP) is 1.72. The molecule has 1 amide bonds. The number of nitrogens with one attached hydrogen (secondary N) is 1. The van der Waals surface area contributed by atoms with Gasteiger partial charge in [-0.1, -0.05) is 30.1 Å². The highest BCUT2D eigenvalue weighted by Crippen LogP contribution is 2.33. The average molecular weight is 354 g/mol. The Morgan fingerprint density at radius 1 is 1.33 bits per heavy atom. The summed E-state index contributed by atoms with van der Waals surface area (Å²) in [5.74, 6) is -0.422. The van der Waals surface area contributed by atoms with E-state index in [9.17, 15) is 13.2 Å². The quantitative estimate of drug-likeness (QED) is 0.761. The van der Waals surface area contributed by atoms with Crippen LogP contribution in [-0.4, -0.2) is 38.8 Å². The first-order chi connectivity index (χ1) is 9.73. The third-order valence-corrected chi connectivity index (χ3v) is 5.46. The van der Waals surface area contributed by atoms with Gasteiger partial charge in [0.15, 0.2) is 0 Å². The number of carbonyl (C=O) groups excluding carboxylic acids is 1. The maximum Gasteiger partial charge on any atom is 0.246 e. The van der Waals surface area contributed by atoms with Gasteiger partial charge >= 0.3 is 0 Å². The molecule has 118 valence electrons. The lowest BCUT2D eigenvalue weighted by Crippen LogP contribution is -2.40. The first kappa shape index (κ1) is 18.0. The van der Waals surface area contributed by atoms with E-state index in [2.05, 4.69) is 5.32 Å². The number of likely N-dealkylation sites (N-methyl/N-ethyl adjacent to an activating group) is 1. The Morgan fingerprint density at radius 3 is 2.29 bits per heavy atom. The Hall–Kier alpha value is -1.02. The van der Waals surface area contributed by atoms with Crippen LogP contribution in [0.25, 0.3) is 0 Å². The zero-order valence-electron chi connectivity index (χ0n) is 11.7. The number of halogens is 2. The van der Waals surface area contributed by atoms with Crippen molar-refractivity contribution in [3.8, 4) is 0 Å². The van der Waals surface area contributed by atoms with Crippen LogP contribution in [0.2, 0.25) is 10.0 Å². The zero-order valence-corrected chi connectivity index (χ0v) is 14.0. The first-order valence-corrected chi connectivity index (χ1v) is 8.38. The van der Waals surface area contributed by atoms with Crippen molar-refractivity contribution >= 4 is 44.8 Å². The molecule has 0 aliphatic rings. The molecule has 0 aromatic heterocycles. The summed E-state index contributed by atoms with van der Waals surface area (Å²) < 4.78 is 26.4. The molecule has 1 aromatic carbocycles. The molecule has 0 aliphatic heterocycles. The van der Waals surface area contributed by atoms with E-state index in [1.165, 1.54) is 19.2 Å². The van der Waals surface area contributed by atoms with Crippen LogP contribution >= 0.6 is 23.2 Å². The minimum atomic E-state index is -3.99. The van der Waals surface area contributed by atoms with Gasteiger partial charge in [-0.2, -0.15) is 4.31 Å². The number of nitrogens with zero attached hydrogens (tertiary/aromatic N) is 1. The van der Waals surface area contributed by atoms with E-state index in [1.807, 2.05) is 0 Å². The summed E-state index contributed by atoms with van der Waals surface area (Å²) in [6.45, 7) is 1.68. The highest BCUT2D eigenvalue weighted by atomic mass is 35.5. The highest BCUT2D eigenvalue weighted by Gasteiger charge is 2.30. The van der Waals surface area contributed by atoms with Crippen LogP contribution in [-0.2, 0) is 14.8 Å². The molecule has 0 saturated carbocycles. The minimum Gasteiger partial charge on any atom is -0.399 e. The van der Waals surface area contributed by atoms with Crippen LogP contribution < -0.4 is 11.1 Å². The molecule has 3 N–H and O–H groups in total. The molecular weight excluding hydrogens is 337 g/mol. The fourth-order valence-electron chi connectivity index (χ4n) is 1.73. The van der Waals surface area contributed by atoms with E-state index in [1.54, 1.807) is 6.92 Å². The Labute approximate surface area is 134 Å². The third kappa shape index (κ3) is 4.23. The van der Waals surface area contributed by atoms with E-state index < -0.39 is 15.9 Å². The number of benzene rings is 1. The molecule has 0 aliphatic carbocycles. The zero-order chi connectivity index (χ0) is 16.2. The Kier molecular flexibility index (Phi) is 6.27. The number of hydrogen-bond donors (Lipinski definition) is 2. The smallest absolute Gasteiger partial charge is 0.246 e. The fourth-order valence-corrected chi connectivity index (χ4v) is 4.40. The molecule has 0 spiro atoms. The predicted molar refractivity (Wildman–Crippen MR) is 84.0 cm³/mol. The molecule has 21 heavy (non-hydrogen) atoms. The van der Waals surface area contributed by atoms with Gasteiger partial charge in [-0.3, -0.25) is 4.79 Å². The molecular formula is C12H17Cl2N3O3S. The van der Waals surface area contributed by atoms with Crippen molar-refractivity contribution in [3.05, 3.63) is 22.2 Å². The lowest BCUT2D eigenvalue weighted by atomic mass is 10.3. The summed E-state index contributed by atoms with van der Waals surface area (Å²) in [5.41, 5.74) is 5.83. The molecule has 1 aromatic rings. The second-order valence-corrected chi connectivity index (χ2v) is 7.01. The maximum atomic E-state index is 12.7. The number of nitrogens with two attached hydrogens (primary N) is 1. The van der Waals surface area contributed by atoms with E-state index >= 15 is 0 Å². The van der Waals surface area contributed by atoms with Crippen molar-refractivity contribution in [3.63, 3.8) is 0 Å². The van der Waals surface area contributed by atoms with Crippen LogP contribution in [0.4, 0.5) is 5.69 Å². The van der Waals surface area contributed by atoms with Gasteiger partial charge in [0.05, 0.1) is 16.6 Å². The Bertz CT molecular complexity index is 612. The van der Waals surface area contributed by atoms with Crippen LogP contribution in [0.5, 0.6) is 0 Å². The highest BCUT2D eigenvalue weighted by molar-refractivity contribution is 7.89. The second kappa shape index (κ2) is 7.31. The molecule has 0 heterocycles. The average Bonchev–Trinajstić information content (AvgIpc) is 2.36. The van der Waals surface area contributed by atoms with Crippen LogP contribution in [0.1, 0.15) is 13.3 Å². The summed E-state index contributed by atoms with van der Waals surface area (Å²) in [7, 11) is -2.56. The number of sulfonamides is 1. The molecule has 0 saturated heterocycles. The molecule has 0 atom stereocenters. The van der Waals surface area contributed by atoms with Gasteiger partial charge < -0.3 is 11.1 Å². The van der Waals surface area contributed by atoms with Gasteiger partial charge in [0.2, 0.25) is 15.9 Å². The molecule has 0 fully saturated rings. The number of anilines is 1. The topological polar surface area (TPSA) is 92.5 Å². The van der Waals surface area contributed by atoms with Crippen molar-refractivity contribution in [2.75, 3.05) is 25.9 Å². The molecule has 9 heteroatoms. The van der Waals surface area contributed by atoms with Crippen molar-refractivity contribution in [1.29, 1.82) is 0 Å². The van der Waals surface area contributed by atoms with Crippen LogP contribution in [0.15, 0.2) is 17.0 Å². The number of hydrogen-bond acceptors (Lipinski definition) is 4. The largest absolute Gasteiger partial charge is 0.399 e. The normalized spacial score (nSPS) is 11.7. The Balaban J connectivity index is 3.32. The fraction of sp³-hybridized carbons (Fsp3) is 0.417. The van der Waals surface area contributed by atoms with Crippen molar-refractivity contribution in [1.82, 2.24) is 9.62 Å². The molecule has 0 radical (unpaired) electrons. The summed E-state index contributed by atoms with van der Waals surface area (Å²) in [6, 6.07) is 2.62. The number of carbonyl (C=O) groups is 1. The summed E-state index contributed by atoms with van der Waals surface area (Å²) in [4.78, 5) is 11.3. The number of amides is 1. The number of rotatable bonds is 6. The summed E-state index contributed by atoms with van der Waals surface area (Å²) >= 11 is 11.9. The van der Waals surface area contributed by atoms with Crippen molar-refractivity contribution in [2.24, 2.45) is 0 Å². The second-order valence-electron chi connectivity index (χ2n) is 4.33. The van der Waals surface area contributed by atoms with E-state index in [0.29, 0.717) is 6.42 Å². The van der Waals surface area contributed by atoms with Gasteiger partial charge in [0.25, 0.3) is 0 Å². The maximum absolute atomic E-state index is 12.7. The molecule has 1 rings (SSSR count). The van der Waals surface area contributed by atoms with Gasteiger partial charge in [0.1, 0.15) is 4.90 Å². The molecule has 6 nitrogen and oxygen atoms in total. The lowest BCUT2D eigenvalue weighted by Gasteiger charge is -2.22. The van der Waals surface area contributed by atoms with Crippen molar-refractivity contribution in [2.45, 2.75) is 18.2 Å². The van der Waals surface area contributed by atoms with Crippen LogP contribution in [0.3, 0.4) is 0 Å². The Morgan fingerprint density at radius 2 is 1.86 bits per heavy atom. The van der Waals surface area contributed by atoms with Gasteiger partial charge in [-0.05, 0) is 18.6 Å². The van der Waals surface area contributed by atoms with Gasteiger partial charge in [-0.15, -0.1) is 0 Å². The van der Waals surface area contributed by atoms with Gasteiger partial charge in [-0.25, -0.2) is 8.42 Å². The minimum absolute atomic E-state index is 0.0713. The first-order valence-electron chi connectivity index (χ1n) is 6.19. The lowest BCUT2D eigenvalue weighted by molar-refractivity contribution is -0.120. The summed E-state index contributed by atoms with van der Waals surface area (Å²) in [5, 5.41) is 2.24. The van der Waals surface area contributed by atoms with Gasteiger partial charge in [0, 0.05) is 19.3 Å². The third-order valence-electron chi connectivity index (χ3n) is 2.69. The monoisotopic (exact) mass is 353 g/mol. The van der Waals surface area contributed by atoms with Crippen molar-refractivity contribution < 1.29 is 13.2 Å². The standard InChI is InChI=1S/C12H17Cl2N3O3S/c1-3-4-17(7-11(18)16-2)21(19,20)12-9(13)5-8(15)6-10(12)14/h5-6H,3-4,7,15H2,1-2H3,(H,16,18). The van der Waals surface area contributed by atoms with E-state index in [0.717, 1.165) is 4.31 Å². The summed E-state index contributed by atoms with van der Waals surface area (Å²) in [6.07, 6.45) is 0.542. The van der Waals surface area contributed by atoms with E-state index in [-0.39, 0.29) is 33.7 Å². The van der Waals surface area contributed by atoms with E-state index in [4.69, 9.17) is 28.9 Å². The number of nitrogen functional groups attached to an aromatic ring is 1. The molecule has 0 unspecified atom stereocenters.